The first-order valence-electron chi connectivity index (χ1n) is 6.50. The molecule has 0 N–H and O–H groups in total. The number of halogens is 2. The molecule has 2 saturated heterocycles. The molecule has 2 heterocycles. The quantitative estimate of drug-likeness (QED) is 0.786. The number of hydrogen-bond acceptors (Lipinski definition) is 3. The van der Waals surface area contributed by atoms with Gasteiger partial charge in [0.1, 0.15) is 6.10 Å². The summed E-state index contributed by atoms with van der Waals surface area (Å²) >= 11 is 12.0. The molecule has 0 aromatic heterocycles. The van der Waals surface area contributed by atoms with Crippen molar-refractivity contribution in [2.75, 3.05) is 19.7 Å². The fourth-order valence-corrected chi connectivity index (χ4v) is 3.24. The first-order chi connectivity index (χ1) is 9.16. The van der Waals surface area contributed by atoms with Gasteiger partial charge in [-0.3, -0.25) is 9.69 Å². The summed E-state index contributed by atoms with van der Waals surface area (Å²) in [6.45, 7) is 2.35. The average Bonchev–Trinajstić information content (AvgIpc) is 2.88. The first-order valence-corrected chi connectivity index (χ1v) is 7.26. The number of rotatable bonds is 2. The lowest BCUT2D eigenvalue weighted by molar-refractivity contribution is -0.0344. The second-order valence-electron chi connectivity index (χ2n) is 5.08. The Labute approximate surface area is 122 Å². The van der Waals surface area contributed by atoms with Crippen LogP contribution in [-0.2, 0) is 4.74 Å². The molecule has 0 saturated carbocycles. The van der Waals surface area contributed by atoms with Crippen LogP contribution in [0.5, 0.6) is 0 Å². The molecular weight excluding hydrogens is 285 g/mol. The molecule has 2 fully saturated rings. The highest BCUT2D eigenvalue weighted by molar-refractivity contribution is 6.44. The molecule has 1 aromatic rings. The maximum atomic E-state index is 12.5. The number of morpholine rings is 1. The SMILES string of the molecule is O=C(c1cccc(Cl)c1Cl)C1CN2CCCC2CO1. The predicted octanol–water partition coefficient (Wildman–Crippen LogP) is 3.04. The summed E-state index contributed by atoms with van der Waals surface area (Å²) in [5.41, 5.74) is 0.455. The van der Waals surface area contributed by atoms with Crippen molar-refractivity contribution in [3.05, 3.63) is 33.8 Å². The van der Waals surface area contributed by atoms with Crippen LogP contribution in [0.2, 0.25) is 10.0 Å². The molecule has 0 radical (unpaired) electrons. The average molecular weight is 300 g/mol. The number of nitrogens with zero attached hydrogens (tertiary/aromatic N) is 1. The van der Waals surface area contributed by atoms with Gasteiger partial charge < -0.3 is 4.74 Å². The van der Waals surface area contributed by atoms with Gasteiger partial charge in [0.25, 0.3) is 0 Å². The molecule has 0 spiro atoms. The molecule has 2 unspecified atom stereocenters. The van der Waals surface area contributed by atoms with E-state index in [0.717, 1.165) is 6.54 Å². The number of hydrogen-bond donors (Lipinski definition) is 0. The third kappa shape index (κ3) is 2.52. The Kier molecular flexibility index (Phi) is 3.81. The smallest absolute Gasteiger partial charge is 0.194 e. The van der Waals surface area contributed by atoms with Gasteiger partial charge in [-0.2, -0.15) is 0 Å². The zero-order chi connectivity index (χ0) is 13.4. The van der Waals surface area contributed by atoms with Crippen LogP contribution in [0.25, 0.3) is 0 Å². The molecule has 3 rings (SSSR count). The largest absolute Gasteiger partial charge is 0.367 e. The van der Waals surface area contributed by atoms with Gasteiger partial charge in [0.05, 0.1) is 16.7 Å². The van der Waals surface area contributed by atoms with Gasteiger partial charge in [0.2, 0.25) is 0 Å². The van der Waals surface area contributed by atoms with Crippen molar-refractivity contribution in [2.45, 2.75) is 25.0 Å². The Balaban J connectivity index is 1.79. The molecule has 2 aliphatic heterocycles. The van der Waals surface area contributed by atoms with Crippen LogP contribution in [0.4, 0.5) is 0 Å². The zero-order valence-corrected chi connectivity index (χ0v) is 12.0. The minimum absolute atomic E-state index is 0.0714. The molecule has 0 aliphatic carbocycles. The van der Waals surface area contributed by atoms with Gasteiger partial charge >= 0.3 is 0 Å². The summed E-state index contributed by atoms with van der Waals surface area (Å²) in [5.74, 6) is -0.0714. The van der Waals surface area contributed by atoms with Gasteiger partial charge in [0.15, 0.2) is 5.78 Å². The molecule has 2 atom stereocenters. The Morgan fingerprint density at radius 3 is 3.05 bits per heavy atom. The Morgan fingerprint density at radius 2 is 2.21 bits per heavy atom. The Morgan fingerprint density at radius 1 is 1.37 bits per heavy atom. The van der Waals surface area contributed by atoms with Crippen molar-refractivity contribution in [1.29, 1.82) is 0 Å². The highest BCUT2D eigenvalue weighted by Crippen LogP contribution is 2.29. The molecule has 0 amide bonds. The minimum Gasteiger partial charge on any atom is -0.367 e. The lowest BCUT2D eigenvalue weighted by Gasteiger charge is -2.34. The van der Waals surface area contributed by atoms with Gasteiger partial charge in [-0.1, -0.05) is 29.3 Å². The molecule has 19 heavy (non-hydrogen) atoms. The summed E-state index contributed by atoms with van der Waals surface area (Å²) in [4.78, 5) is 14.8. The van der Waals surface area contributed by atoms with E-state index in [1.165, 1.54) is 12.8 Å². The van der Waals surface area contributed by atoms with E-state index in [9.17, 15) is 4.79 Å². The van der Waals surface area contributed by atoms with Crippen LogP contribution in [0.15, 0.2) is 18.2 Å². The lowest BCUT2D eigenvalue weighted by Crippen LogP contribution is -2.49. The van der Waals surface area contributed by atoms with Crippen LogP contribution < -0.4 is 0 Å². The van der Waals surface area contributed by atoms with Gasteiger partial charge in [-0.15, -0.1) is 0 Å². The molecule has 3 nitrogen and oxygen atoms in total. The van der Waals surface area contributed by atoms with Crippen molar-refractivity contribution in [1.82, 2.24) is 4.90 Å². The molecule has 0 bridgehead atoms. The van der Waals surface area contributed by atoms with Crippen molar-refractivity contribution in [3.8, 4) is 0 Å². The van der Waals surface area contributed by atoms with Crippen molar-refractivity contribution < 1.29 is 9.53 Å². The number of carbonyl (C=O) groups excluding carboxylic acids is 1. The first kappa shape index (κ1) is 13.4. The Hall–Kier alpha value is -0.610. The summed E-state index contributed by atoms with van der Waals surface area (Å²) in [6.07, 6.45) is 1.93. The van der Waals surface area contributed by atoms with E-state index in [0.29, 0.717) is 34.8 Å². The number of benzene rings is 1. The van der Waals surface area contributed by atoms with E-state index in [1.54, 1.807) is 18.2 Å². The van der Waals surface area contributed by atoms with E-state index in [1.807, 2.05) is 0 Å². The second kappa shape index (κ2) is 5.41. The summed E-state index contributed by atoms with van der Waals surface area (Å²) in [7, 11) is 0. The number of Topliss-reactive ketones (excluding diaryl/α,β-unsaturated/α-hetero) is 1. The third-order valence-corrected chi connectivity index (χ3v) is 4.72. The van der Waals surface area contributed by atoms with Gasteiger partial charge in [-0.05, 0) is 31.5 Å². The van der Waals surface area contributed by atoms with Gasteiger partial charge in [0, 0.05) is 18.2 Å². The fraction of sp³-hybridized carbons (Fsp3) is 0.500. The monoisotopic (exact) mass is 299 g/mol. The Bertz CT molecular complexity index is 506. The second-order valence-corrected chi connectivity index (χ2v) is 5.86. The van der Waals surface area contributed by atoms with Crippen LogP contribution in [0, 0.1) is 0 Å². The van der Waals surface area contributed by atoms with E-state index < -0.39 is 6.10 Å². The van der Waals surface area contributed by atoms with Crippen LogP contribution in [0.1, 0.15) is 23.2 Å². The number of carbonyl (C=O) groups is 1. The zero-order valence-electron chi connectivity index (χ0n) is 10.4. The van der Waals surface area contributed by atoms with Crippen LogP contribution >= 0.6 is 23.2 Å². The highest BCUT2D eigenvalue weighted by atomic mass is 35.5. The van der Waals surface area contributed by atoms with E-state index >= 15 is 0 Å². The molecule has 5 heteroatoms. The predicted molar refractivity (Wildman–Crippen MR) is 75.1 cm³/mol. The third-order valence-electron chi connectivity index (χ3n) is 3.90. The highest BCUT2D eigenvalue weighted by Gasteiger charge is 2.36. The molecule has 102 valence electrons. The van der Waals surface area contributed by atoms with Gasteiger partial charge in [-0.25, -0.2) is 0 Å². The molecule has 2 aliphatic rings. The normalized spacial score (nSPS) is 27.3. The fourth-order valence-electron chi connectivity index (χ4n) is 2.84. The molecule has 1 aromatic carbocycles. The maximum Gasteiger partial charge on any atom is 0.194 e. The van der Waals surface area contributed by atoms with E-state index in [4.69, 9.17) is 27.9 Å². The van der Waals surface area contributed by atoms with Crippen LogP contribution in [-0.4, -0.2) is 42.5 Å². The van der Waals surface area contributed by atoms with Crippen molar-refractivity contribution in [2.24, 2.45) is 0 Å². The minimum atomic E-state index is -0.426. The maximum absolute atomic E-state index is 12.5. The topological polar surface area (TPSA) is 29.5 Å². The summed E-state index contributed by atoms with van der Waals surface area (Å²) in [6, 6.07) is 5.61. The van der Waals surface area contributed by atoms with E-state index in [2.05, 4.69) is 4.90 Å². The number of fused-ring (bicyclic) bond motifs is 1. The summed E-state index contributed by atoms with van der Waals surface area (Å²) in [5, 5.41) is 0.726. The van der Waals surface area contributed by atoms with Crippen LogP contribution in [0.3, 0.4) is 0 Å². The van der Waals surface area contributed by atoms with Crippen molar-refractivity contribution in [3.63, 3.8) is 0 Å². The lowest BCUT2D eigenvalue weighted by atomic mass is 10.0. The summed E-state index contributed by atoms with van der Waals surface area (Å²) < 4.78 is 5.71. The molecular formula is C14H15Cl2NO2. The van der Waals surface area contributed by atoms with Crippen molar-refractivity contribution >= 4 is 29.0 Å². The van der Waals surface area contributed by atoms with E-state index in [-0.39, 0.29) is 5.78 Å². The number of ketones is 1. The number of ether oxygens (including phenoxy) is 1. The standard InChI is InChI=1S/C14H15Cl2NO2/c15-11-5-1-4-10(13(11)16)14(18)12-7-17-6-2-3-9(17)8-19-12/h1,4-5,9,12H,2-3,6-8H2.